The van der Waals surface area contributed by atoms with E-state index in [1.54, 1.807) is 0 Å². The van der Waals surface area contributed by atoms with Crippen molar-refractivity contribution in [1.82, 2.24) is 25.4 Å². The van der Waals surface area contributed by atoms with Crippen molar-refractivity contribution < 1.29 is 4.79 Å². The topological polar surface area (TPSA) is 93.9 Å². The number of hydrogen-bond acceptors (Lipinski definition) is 4. The molecule has 124 valence electrons. The lowest BCUT2D eigenvalue weighted by atomic mass is 10.0. The van der Waals surface area contributed by atoms with Crippen LogP contribution in [0.2, 0.25) is 0 Å². The summed E-state index contributed by atoms with van der Waals surface area (Å²) in [4.78, 5) is 27.7. The molecule has 3 N–H and O–H groups in total. The molecule has 7 heteroatoms. The standard InChI is InChI=1S/C16H23N5O2/c1-3-21(4-2)13(10-12-8-6-5-7-9-12)11-17-15(22)14-18-16(23)20-19-14/h5-9,13H,3-4,10-11H2,1-2H3,(H,17,22)(H2,18,19,20,23). The van der Waals surface area contributed by atoms with Crippen molar-refractivity contribution in [3.05, 3.63) is 52.2 Å². The van der Waals surface area contributed by atoms with Gasteiger partial charge in [-0.3, -0.25) is 14.7 Å². The Kier molecular flexibility index (Phi) is 6.10. The quantitative estimate of drug-likeness (QED) is 0.671. The van der Waals surface area contributed by atoms with E-state index in [0.717, 1.165) is 19.5 Å². The van der Waals surface area contributed by atoms with Crippen molar-refractivity contribution in [3.8, 4) is 0 Å². The number of benzene rings is 1. The van der Waals surface area contributed by atoms with Gasteiger partial charge < -0.3 is 5.32 Å². The van der Waals surface area contributed by atoms with E-state index in [4.69, 9.17) is 0 Å². The van der Waals surface area contributed by atoms with Crippen LogP contribution in [0.25, 0.3) is 0 Å². The summed E-state index contributed by atoms with van der Waals surface area (Å²) >= 11 is 0. The van der Waals surface area contributed by atoms with Gasteiger partial charge in [-0.25, -0.2) is 9.89 Å². The van der Waals surface area contributed by atoms with E-state index in [1.165, 1.54) is 5.56 Å². The molecule has 0 bridgehead atoms. The van der Waals surface area contributed by atoms with Crippen molar-refractivity contribution in [2.24, 2.45) is 0 Å². The van der Waals surface area contributed by atoms with Crippen LogP contribution in [0.3, 0.4) is 0 Å². The van der Waals surface area contributed by atoms with Crippen LogP contribution in [0.15, 0.2) is 35.1 Å². The maximum Gasteiger partial charge on any atom is 0.341 e. The van der Waals surface area contributed by atoms with Gasteiger partial charge in [0.15, 0.2) is 0 Å². The van der Waals surface area contributed by atoms with Gasteiger partial charge in [0.05, 0.1) is 0 Å². The van der Waals surface area contributed by atoms with Crippen molar-refractivity contribution in [3.63, 3.8) is 0 Å². The lowest BCUT2D eigenvalue weighted by molar-refractivity contribution is 0.0924. The Morgan fingerprint density at radius 1 is 1.26 bits per heavy atom. The molecule has 2 aromatic rings. The van der Waals surface area contributed by atoms with Crippen molar-refractivity contribution in [2.75, 3.05) is 19.6 Å². The fourth-order valence-corrected chi connectivity index (χ4v) is 2.63. The first kappa shape index (κ1) is 17.0. The molecule has 0 aliphatic heterocycles. The average molecular weight is 317 g/mol. The molecule has 23 heavy (non-hydrogen) atoms. The summed E-state index contributed by atoms with van der Waals surface area (Å²) in [5.41, 5.74) is 0.742. The molecule has 0 aliphatic carbocycles. The molecule has 0 saturated carbocycles. The van der Waals surface area contributed by atoms with Crippen LogP contribution in [0.4, 0.5) is 0 Å². The highest BCUT2D eigenvalue weighted by molar-refractivity contribution is 5.90. The number of rotatable bonds is 8. The minimum atomic E-state index is -0.486. The van der Waals surface area contributed by atoms with E-state index >= 15 is 0 Å². The first-order valence-corrected chi connectivity index (χ1v) is 7.84. The van der Waals surface area contributed by atoms with Gasteiger partial charge in [-0.15, -0.1) is 5.10 Å². The van der Waals surface area contributed by atoms with E-state index in [2.05, 4.69) is 51.4 Å². The molecule has 1 heterocycles. The Hall–Kier alpha value is -2.41. The third-order valence-electron chi connectivity index (χ3n) is 3.86. The van der Waals surface area contributed by atoms with Crippen LogP contribution in [0.1, 0.15) is 30.0 Å². The zero-order valence-electron chi connectivity index (χ0n) is 13.5. The van der Waals surface area contributed by atoms with E-state index in [9.17, 15) is 9.59 Å². The third-order valence-corrected chi connectivity index (χ3v) is 3.86. The maximum atomic E-state index is 12.0. The summed E-state index contributed by atoms with van der Waals surface area (Å²) in [6, 6.07) is 10.4. The summed E-state index contributed by atoms with van der Waals surface area (Å²) in [5, 5.41) is 8.68. The number of aromatic amines is 2. The first-order chi connectivity index (χ1) is 11.1. The number of H-pyrrole nitrogens is 2. The van der Waals surface area contributed by atoms with E-state index in [-0.39, 0.29) is 17.8 Å². The van der Waals surface area contributed by atoms with E-state index in [0.29, 0.717) is 6.54 Å². The number of likely N-dealkylation sites (N-methyl/N-ethyl adjacent to an activating group) is 1. The van der Waals surface area contributed by atoms with Crippen molar-refractivity contribution in [1.29, 1.82) is 0 Å². The van der Waals surface area contributed by atoms with Gasteiger partial charge in [0, 0.05) is 12.6 Å². The normalized spacial score (nSPS) is 12.3. The first-order valence-electron chi connectivity index (χ1n) is 7.84. The molecule has 1 unspecified atom stereocenters. The van der Waals surface area contributed by atoms with Gasteiger partial charge in [0.25, 0.3) is 5.91 Å². The van der Waals surface area contributed by atoms with Crippen molar-refractivity contribution >= 4 is 5.91 Å². The van der Waals surface area contributed by atoms with Crippen LogP contribution < -0.4 is 11.0 Å². The molecule has 1 aromatic carbocycles. The maximum absolute atomic E-state index is 12.0. The molecule has 1 amide bonds. The van der Waals surface area contributed by atoms with Gasteiger partial charge in [-0.05, 0) is 25.1 Å². The molecule has 2 rings (SSSR count). The Bertz CT molecular complexity index is 660. The molecule has 0 spiro atoms. The van der Waals surface area contributed by atoms with Gasteiger partial charge >= 0.3 is 5.69 Å². The van der Waals surface area contributed by atoms with Gasteiger partial charge in [0.1, 0.15) is 0 Å². The fraction of sp³-hybridized carbons (Fsp3) is 0.438. The Labute approximate surface area is 135 Å². The Morgan fingerprint density at radius 3 is 2.52 bits per heavy atom. The number of amides is 1. The molecule has 0 fully saturated rings. The SMILES string of the molecule is CCN(CC)C(CNC(=O)c1n[nH]c(=O)[nH]1)Cc1ccccc1. The molecule has 0 aliphatic rings. The minimum absolute atomic E-state index is 0.00741. The monoisotopic (exact) mass is 317 g/mol. The van der Waals surface area contributed by atoms with Crippen LogP contribution in [-0.2, 0) is 6.42 Å². The molecule has 1 aromatic heterocycles. The molecule has 7 nitrogen and oxygen atoms in total. The lowest BCUT2D eigenvalue weighted by Crippen LogP contribution is -2.45. The summed E-state index contributed by atoms with van der Waals surface area (Å²) in [7, 11) is 0. The van der Waals surface area contributed by atoms with Crippen LogP contribution in [0, 0.1) is 0 Å². The Morgan fingerprint density at radius 2 is 1.96 bits per heavy atom. The van der Waals surface area contributed by atoms with E-state index < -0.39 is 5.69 Å². The summed E-state index contributed by atoms with van der Waals surface area (Å²) in [6.45, 7) is 6.51. The second-order valence-electron chi connectivity index (χ2n) is 5.30. The predicted octanol–water partition coefficient (Wildman–Crippen LogP) is 0.781. The fourth-order valence-electron chi connectivity index (χ4n) is 2.63. The van der Waals surface area contributed by atoms with E-state index in [1.807, 2.05) is 18.2 Å². The minimum Gasteiger partial charge on any atom is -0.348 e. The number of hydrogen-bond donors (Lipinski definition) is 3. The van der Waals surface area contributed by atoms with Gasteiger partial charge in [-0.2, -0.15) is 0 Å². The molecule has 0 saturated heterocycles. The van der Waals surface area contributed by atoms with Crippen LogP contribution in [0.5, 0.6) is 0 Å². The highest BCUT2D eigenvalue weighted by Gasteiger charge is 2.18. The predicted molar refractivity (Wildman–Crippen MR) is 88.4 cm³/mol. The summed E-state index contributed by atoms with van der Waals surface area (Å²) < 4.78 is 0. The zero-order chi connectivity index (χ0) is 16.7. The highest BCUT2D eigenvalue weighted by Crippen LogP contribution is 2.08. The molecule has 0 radical (unpaired) electrons. The number of nitrogens with one attached hydrogen (secondary N) is 3. The lowest BCUT2D eigenvalue weighted by Gasteiger charge is -2.30. The Balaban J connectivity index is 2.02. The third kappa shape index (κ3) is 4.79. The highest BCUT2D eigenvalue weighted by atomic mass is 16.2. The van der Waals surface area contributed by atoms with Crippen molar-refractivity contribution in [2.45, 2.75) is 26.3 Å². The second kappa shape index (κ2) is 8.28. The zero-order valence-corrected chi connectivity index (χ0v) is 13.5. The number of carbonyl (C=O) groups excluding carboxylic acids is 1. The van der Waals surface area contributed by atoms with Gasteiger partial charge in [0.2, 0.25) is 5.82 Å². The van der Waals surface area contributed by atoms with Crippen LogP contribution in [-0.4, -0.2) is 51.7 Å². The second-order valence-corrected chi connectivity index (χ2v) is 5.30. The smallest absolute Gasteiger partial charge is 0.341 e. The molecule has 1 atom stereocenters. The van der Waals surface area contributed by atoms with Gasteiger partial charge in [-0.1, -0.05) is 44.2 Å². The largest absolute Gasteiger partial charge is 0.348 e. The average Bonchev–Trinajstić information content (AvgIpc) is 3.00. The number of nitrogens with zero attached hydrogens (tertiary/aromatic N) is 2. The van der Waals surface area contributed by atoms with Crippen LogP contribution >= 0.6 is 0 Å². The molecular formula is C16H23N5O2. The number of aromatic nitrogens is 3. The summed E-state index contributed by atoms with van der Waals surface area (Å²) in [5.74, 6) is -0.374. The number of carbonyl (C=O) groups is 1. The summed E-state index contributed by atoms with van der Waals surface area (Å²) in [6.07, 6.45) is 0.847. The molecular weight excluding hydrogens is 294 g/mol.